The van der Waals surface area contributed by atoms with Gasteiger partial charge in [0.2, 0.25) is 0 Å². The molecule has 5 atom stereocenters. The molecule has 0 aromatic heterocycles. The van der Waals surface area contributed by atoms with Crippen molar-refractivity contribution in [2.45, 2.75) is 316 Å². The fourth-order valence-corrected chi connectivity index (χ4v) is 11.8. The summed E-state index contributed by atoms with van der Waals surface area (Å²) in [5, 5.41) is 10.7. The summed E-state index contributed by atoms with van der Waals surface area (Å²) in [5.74, 6) is -2.41. The second-order valence-electron chi connectivity index (χ2n) is 27.0. The summed E-state index contributed by atoms with van der Waals surface area (Å²) < 4.78 is 68.5. The van der Waals surface area contributed by atoms with Gasteiger partial charge < -0.3 is 33.8 Å². The van der Waals surface area contributed by atoms with Gasteiger partial charge in [-0.3, -0.25) is 37.3 Å². The first-order chi connectivity index (χ1) is 53.7. The number of carbonyl (C=O) groups is 4. The molecule has 0 saturated heterocycles. The molecule has 0 rings (SSSR count). The Morgan fingerprint density at radius 1 is 0.264 bits per heavy atom. The monoisotopic (exact) mass is 1570 g/mol. The maximum Gasteiger partial charge on any atom is 0.472 e. The average molecular weight is 1570 g/mol. The van der Waals surface area contributed by atoms with Gasteiger partial charge in [0, 0.05) is 25.7 Å². The molecule has 0 aromatic carbocycles. The third-order valence-electron chi connectivity index (χ3n) is 16.5. The van der Waals surface area contributed by atoms with Crippen molar-refractivity contribution >= 4 is 39.5 Å². The van der Waals surface area contributed by atoms with E-state index in [0.717, 1.165) is 148 Å². The number of aliphatic hydroxyl groups excluding tert-OH is 1. The van der Waals surface area contributed by atoms with E-state index in [2.05, 4.69) is 192 Å². The van der Waals surface area contributed by atoms with Crippen molar-refractivity contribution < 1.29 is 80.2 Å². The first-order valence-electron chi connectivity index (χ1n) is 41.7. The molecule has 17 nitrogen and oxygen atoms in total. The van der Waals surface area contributed by atoms with Crippen molar-refractivity contribution in [1.29, 1.82) is 0 Å². The minimum Gasteiger partial charge on any atom is -0.462 e. The van der Waals surface area contributed by atoms with Crippen LogP contribution in [0.5, 0.6) is 0 Å². The Labute approximate surface area is 666 Å². The van der Waals surface area contributed by atoms with Crippen LogP contribution in [0.1, 0.15) is 297 Å². The molecule has 0 aromatic rings. The predicted octanol–water partition coefficient (Wildman–Crippen LogP) is 24.9. The third-order valence-corrected chi connectivity index (χ3v) is 18.4. The SMILES string of the molecule is CC/C=C\C/C=C\C/C=C\C/C=C\C/C=C\CCCCCC(=O)O[C@H](COC(=O)CC/C=C\C/C=C\C/C=C\C/C=C\C/C=C\CCCCC)COP(=O)(O)OC[C@@H](O)COP(=O)(O)OC[C@@H](COC(=O)CCCCCCC/C=C\C/C=C\CCCCC)OC(=O)CCC/C=C\C/C=C\C/C=C\C/C=C\CCCCC. The number of phosphoric acid groups is 2. The number of unbranched alkanes of at least 4 members (excludes halogenated alkanes) is 18. The topological polar surface area (TPSA) is 237 Å². The van der Waals surface area contributed by atoms with Crippen LogP contribution in [0.25, 0.3) is 0 Å². The molecule has 0 saturated carbocycles. The summed E-state index contributed by atoms with van der Waals surface area (Å²) in [7, 11) is -10.0. The highest BCUT2D eigenvalue weighted by atomic mass is 31.2. The number of hydrogen-bond acceptors (Lipinski definition) is 15. The fourth-order valence-electron chi connectivity index (χ4n) is 10.2. The summed E-state index contributed by atoms with van der Waals surface area (Å²) >= 11 is 0. The highest BCUT2D eigenvalue weighted by Crippen LogP contribution is 2.45. The lowest BCUT2D eigenvalue weighted by Gasteiger charge is -2.21. The number of hydrogen-bond donors (Lipinski definition) is 3. The fraction of sp³-hybridized carbons (Fsp3) is 0.604. The highest BCUT2D eigenvalue weighted by Gasteiger charge is 2.30. The summed E-state index contributed by atoms with van der Waals surface area (Å²) in [4.78, 5) is 73.1. The molecule has 2 unspecified atom stereocenters. The lowest BCUT2D eigenvalue weighted by atomic mass is 10.1. The molecule has 0 spiro atoms. The standard InChI is InChI=1S/C91H146O17P2/c1-5-9-13-17-21-25-29-33-37-40-42-45-48-52-56-60-64-68-72-76-89(94)102-82-87(108-91(96)78-74-70-66-62-58-54-50-46-43-41-38-34-30-26-22-18-14-10-6-2)84-106-110(99,100)104-80-85(92)79-103-109(97,98)105-83-86(81-101-88(93)75-71-67-63-59-55-51-47-36-32-28-24-20-16-12-8-4)107-90(95)77-73-69-65-61-57-53-49-44-39-35-31-27-23-19-15-11-7-3/h10,14,21-28,33-39,42-43,45-47,49,52-54,56,58,61,64-65,68,85-87,92H,5-9,11-13,15-20,29-32,40-41,44,48,50-51,55,57,59-60,62-63,66-67,69-84H2,1-4H3,(H,97,98)(H,99,100)/b14-10-,25-21-,26-22-,27-23-,28-24-,37-33-,38-34-,39-35-,45-42-,46-43-,47-36-,53-49-,56-52-,58-54-,65-61-,68-64-/t85-,86+,87+/m0/s1. The number of aliphatic hydroxyl groups is 1. The van der Waals surface area contributed by atoms with Crippen LogP contribution in [0.2, 0.25) is 0 Å². The zero-order valence-electron chi connectivity index (χ0n) is 68.1. The lowest BCUT2D eigenvalue weighted by molar-refractivity contribution is -0.161. The van der Waals surface area contributed by atoms with Crippen LogP contribution >= 0.6 is 15.6 Å². The van der Waals surface area contributed by atoms with Crippen LogP contribution in [-0.2, 0) is 65.4 Å². The van der Waals surface area contributed by atoms with Crippen LogP contribution in [0.4, 0.5) is 0 Å². The van der Waals surface area contributed by atoms with E-state index in [0.29, 0.717) is 38.5 Å². The lowest BCUT2D eigenvalue weighted by Crippen LogP contribution is -2.30. The zero-order valence-corrected chi connectivity index (χ0v) is 69.9. The Balaban J connectivity index is 5.57. The van der Waals surface area contributed by atoms with E-state index in [1.807, 2.05) is 30.4 Å². The van der Waals surface area contributed by atoms with Crippen LogP contribution in [0, 0.1) is 0 Å². The van der Waals surface area contributed by atoms with E-state index in [9.17, 15) is 43.2 Å². The second kappa shape index (κ2) is 80.9. The minimum atomic E-state index is -5.02. The zero-order chi connectivity index (χ0) is 80.3. The van der Waals surface area contributed by atoms with Gasteiger partial charge in [0.05, 0.1) is 26.4 Å². The molecule has 0 aliphatic rings. The number of phosphoric ester groups is 2. The highest BCUT2D eigenvalue weighted by molar-refractivity contribution is 7.47. The van der Waals surface area contributed by atoms with Gasteiger partial charge in [0.1, 0.15) is 19.3 Å². The number of rotatable bonds is 76. The van der Waals surface area contributed by atoms with E-state index in [1.165, 1.54) is 57.8 Å². The van der Waals surface area contributed by atoms with Gasteiger partial charge in [-0.15, -0.1) is 0 Å². The maximum atomic E-state index is 13.1. The van der Waals surface area contributed by atoms with Crippen LogP contribution in [0.3, 0.4) is 0 Å². The molecule has 19 heteroatoms. The molecule has 110 heavy (non-hydrogen) atoms. The molecule has 3 N–H and O–H groups in total. The van der Waals surface area contributed by atoms with Crippen molar-refractivity contribution in [3.05, 3.63) is 194 Å². The van der Waals surface area contributed by atoms with Crippen molar-refractivity contribution in [2.24, 2.45) is 0 Å². The third kappa shape index (κ3) is 80.0. The number of ether oxygens (including phenoxy) is 4. The van der Waals surface area contributed by atoms with Crippen molar-refractivity contribution in [3.8, 4) is 0 Å². The van der Waals surface area contributed by atoms with E-state index < -0.39 is 97.5 Å². The molecule has 0 aliphatic heterocycles. The molecule has 0 fully saturated rings. The molecular formula is C91H146O17P2. The second-order valence-corrected chi connectivity index (χ2v) is 29.9. The smallest absolute Gasteiger partial charge is 0.462 e. The van der Waals surface area contributed by atoms with Crippen molar-refractivity contribution in [1.82, 2.24) is 0 Å². The largest absolute Gasteiger partial charge is 0.472 e. The minimum absolute atomic E-state index is 0.00649. The van der Waals surface area contributed by atoms with Gasteiger partial charge in [-0.05, 0) is 180 Å². The van der Waals surface area contributed by atoms with Crippen LogP contribution < -0.4 is 0 Å². The molecule has 0 bridgehead atoms. The first-order valence-corrected chi connectivity index (χ1v) is 44.7. The van der Waals surface area contributed by atoms with Gasteiger partial charge in [-0.1, -0.05) is 286 Å². The number of allylic oxidation sites excluding steroid dienone is 32. The quantitative estimate of drug-likeness (QED) is 0.0169. The molecule has 0 heterocycles. The summed E-state index contributed by atoms with van der Waals surface area (Å²) in [6.07, 6.45) is 99.9. The normalized spacial score (nSPS) is 14.8. The van der Waals surface area contributed by atoms with Crippen molar-refractivity contribution in [3.63, 3.8) is 0 Å². The first kappa shape index (κ1) is 104. The van der Waals surface area contributed by atoms with E-state index in [-0.39, 0.29) is 25.7 Å². The van der Waals surface area contributed by atoms with Crippen LogP contribution in [-0.4, -0.2) is 96.7 Å². The molecule has 0 amide bonds. The summed E-state index contributed by atoms with van der Waals surface area (Å²) in [6.45, 7) is 4.46. The van der Waals surface area contributed by atoms with Gasteiger partial charge >= 0.3 is 39.5 Å². The molecule has 622 valence electrons. The number of esters is 4. The summed E-state index contributed by atoms with van der Waals surface area (Å²) in [5.41, 5.74) is 0. The average Bonchev–Trinajstić information content (AvgIpc) is 0.899. The van der Waals surface area contributed by atoms with Gasteiger partial charge in [0.25, 0.3) is 0 Å². The Kier molecular flexibility index (Phi) is 76.4. The van der Waals surface area contributed by atoms with Gasteiger partial charge in [-0.2, -0.15) is 0 Å². The Morgan fingerprint density at radius 3 is 0.827 bits per heavy atom. The van der Waals surface area contributed by atoms with Gasteiger partial charge in [0.15, 0.2) is 12.2 Å². The van der Waals surface area contributed by atoms with E-state index in [4.69, 9.17) is 37.0 Å². The Hall–Kier alpha value is -6.10. The number of carbonyl (C=O) groups excluding carboxylic acids is 4. The van der Waals surface area contributed by atoms with Crippen LogP contribution in [0.15, 0.2) is 194 Å². The summed E-state index contributed by atoms with van der Waals surface area (Å²) in [6, 6.07) is 0. The molecule has 0 aliphatic carbocycles. The van der Waals surface area contributed by atoms with E-state index in [1.54, 1.807) is 0 Å². The van der Waals surface area contributed by atoms with Gasteiger partial charge in [-0.25, -0.2) is 9.13 Å². The Bertz CT molecular complexity index is 2850. The molecular weight excluding hydrogens is 1430 g/mol. The van der Waals surface area contributed by atoms with E-state index >= 15 is 0 Å². The molecule has 0 radical (unpaired) electrons. The maximum absolute atomic E-state index is 13.1. The predicted molar refractivity (Wildman–Crippen MR) is 454 cm³/mol. The Morgan fingerprint density at radius 2 is 0.500 bits per heavy atom. The van der Waals surface area contributed by atoms with Crippen molar-refractivity contribution in [2.75, 3.05) is 39.6 Å².